The minimum absolute atomic E-state index is 0. The van der Waals surface area contributed by atoms with Gasteiger partial charge in [0.15, 0.2) is 15.8 Å². The largest absolute Gasteiger partial charge is 0.355 e. The summed E-state index contributed by atoms with van der Waals surface area (Å²) < 4.78 is 24.6. The molecular formula is C19H33IN4O2S. The number of nitrogens with zero attached hydrogens (tertiary/aromatic N) is 2. The Balaban J connectivity index is 0.00000364. The van der Waals surface area contributed by atoms with E-state index in [0.29, 0.717) is 17.4 Å². The van der Waals surface area contributed by atoms with Crippen molar-refractivity contribution in [1.82, 2.24) is 15.5 Å². The van der Waals surface area contributed by atoms with Gasteiger partial charge in [-0.1, -0.05) is 24.6 Å². The third kappa shape index (κ3) is 7.57. The molecule has 6 nitrogen and oxygen atoms in total. The van der Waals surface area contributed by atoms with E-state index < -0.39 is 9.84 Å². The lowest BCUT2D eigenvalue weighted by Crippen LogP contribution is -2.55. The van der Waals surface area contributed by atoms with Crippen molar-refractivity contribution in [3.8, 4) is 0 Å². The van der Waals surface area contributed by atoms with E-state index in [-0.39, 0.29) is 35.3 Å². The average molecular weight is 508 g/mol. The number of hydrogen-bond donors (Lipinski definition) is 2. The van der Waals surface area contributed by atoms with Gasteiger partial charge < -0.3 is 10.6 Å². The molecule has 1 aromatic rings. The number of halogens is 1. The number of sulfone groups is 1. The molecule has 0 atom stereocenters. The maximum atomic E-state index is 12.3. The first-order valence-corrected chi connectivity index (χ1v) is 11.0. The standard InChI is InChI=1S/C19H32N4O2S.HI/c1-19(2,23-13-8-5-9-14-23)16-22-18(20-3)21-12-15-26(24,25)17-10-6-4-7-11-17;/h4,6-7,10-11H,5,8-9,12-16H2,1-3H3,(H2,20,21,22);1H. The van der Waals surface area contributed by atoms with Crippen LogP contribution in [0.5, 0.6) is 0 Å². The lowest BCUT2D eigenvalue weighted by atomic mass is 9.98. The van der Waals surface area contributed by atoms with Gasteiger partial charge >= 0.3 is 0 Å². The fraction of sp³-hybridized carbons (Fsp3) is 0.632. The molecule has 0 saturated carbocycles. The number of hydrogen-bond acceptors (Lipinski definition) is 4. The first-order valence-electron chi connectivity index (χ1n) is 9.32. The van der Waals surface area contributed by atoms with Gasteiger partial charge in [0.2, 0.25) is 0 Å². The van der Waals surface area contributed by atoms with Crippen molar-refractivity contribution in [2.24, 2.45) is 4.99 Å². The van der Waals surface area contributed by atoms with Gasteiger partial charge in [0.1, 0.15) is 0 Å². The molecule has 1 aromatic carbocycles. The van der Waals surface area contributed by atoms with Crippen LogP contribution in [0.3, 0.4) is 0 Å². The van der Waals surface area contributed by atoms with Crippen molar-refractivity contribution < 1.29 is 8.42 Å². The molecule has 0 aliphatic carbocycles. The van der Waals surface area contributed by atoms with Crippen LogP contribution >= 0.6 is 24.0 Å². The summed E-state index contributed by atoms with van der Waals surface area (Å²) in [5, 5.41) is 6.45. The minimum atomic E-state index is -3.28. The number of nitrogens with one attached hydrogen (secondary N) is 2. The quantitative estimate of drug-likeness (QED) is 0.337. The molecule has 1 aliphatic heterocycles. The van der Waals surface area contributed by atoms with Crippen LogP contribution in [0.1, 0.15) is 33.1 Å². The van der Waals surface area contributed by atoms with E-state index in [1.165, 1.54) is 19.3 Å². The molecule has 0 unspecified atom stereocenters. The van der Waals surface area contributed by atoms with Gasteiger partial charge in [0.05, 0.1) is 10.6 Å². The van der Waals surface area contributed by atoms with Gasteiger partial charge in [-0.05, 0) is 51.9 Å². The highest BCUT2D eigenvalue weighted by atomic mass is 127. The Labute approximate surface area is 181 Å². The summed E-state index contributed by atoms with van der Waals surface area (Å²) in [4.78, 5) is 7.08. The van der Waals surface area contributed by atoms with Crippen LogP contribution in [0.2, 0.25) is 0 Å². The Morgan fingerprint density at radius 3 is 2.33 bits per heavy atom. The molecule has 0 aromatic heterocycles. The Morgan fingerprint density at radius 2 is 1.74 bits per heavy atom. The van der Waals surface area contributed by atoms with Crippen molar-refractivity contribution in [2.75, 3.05) is 39.0 Å². The lowest BCUT2D eigenvalue weighted by molar-refractivity contribution is 0.0982. The number of rotatable bonds is 7. The molecule has 0 amide bonds. The Morgan fingerprint density at radius 1 is 1.11 bits per heavy atom. The zero-order valence-electron chi connectivity index (χ0n) is 16.6. The van der Waals surface area contributed by atoms with Crippen molar-refractivity contribution in [2.45, 2.75) is 43.5 Å². The molecule has 27 heavy (non-hydrogen) atoms. The average Bonchev–Trinajstić information content (AvgIpc) is 2.66. The third-order valence-electron chi connectivity index (χ3n) is 4.89. The summed E-state index contributed by atoms with van der Waals surface area (Å²) in [7, 11) is -1.57. The zero-order valence-corrected chi connectivity index (χ0v) is 19.7. The van der Waals surface area contributed by atoms with Gasteiger partial charge in [-0.3, -0.25) is 9.89 Å². The molecule has 8 heteroatoms. The summed E-state index contributed by atoms with van der Waals surface area (Å²) in [6, 6.07) is 8.55. The van der Waals surface area contributed by atoms with Crippen molar-refractivity contribution >= 4 is 39.8 Å². The third-order valence-corrected chi connectivity index (χ3v) is 6.62. The second kappa shape index (κ2) is 11.2. The molecule has 154 valence electrons. The van der Waals surface area contributed by atoms with Crippen molar-refractivity contribution in [3.05, 3.63) is 30.3 Å². The van der Waals surface area contributed by atoms with E-state index in [0.717, 1.165) is 19.6 Å². The minimum Gasteiger partial charge on any atom is -0.355 e. The lowest BCUT2D eigenvalue weighted by Gasteiger charge is -2.41. The summed E-state index contributed by atoms with van der Waals surface area (Å²) in [6.45, 7) is 7.82. The van der Waals surface area contributed by atoms with Gasteiger partial charge in [-0.15, -0.1) is 24.0 Å². The SMILES string of the molecule is CN=C(NCCS(=O)(=O)c1ccccc1)NCC(C)(C)N1CCCCC1.I. The van der Waals surface area contributed by atoms with E-state index in [1.54, 1.807) is 31.3 Å². The molecule has 2 N–H and O–H groups in total. The van der Waals surface area contributed by atoms with Crippen molar-refractivity contribution in [3.63, 3.8) is 0 Å². The van der Waals surface area contributed by atoms with E-state index in [2.05, 4.69) is 34.4 Å². The summed E-state index contributed by atoms with van der Waals surface area (Å²) in [5.74, 6) is 0.672. The van der Waals surface area contributed by atoms with E-state index in [4.69, 9.17) is 0 Å². The highest BCUT2D eigenvalue weighted by Gasteiger charge is 2.27. The van der Waals surface area contributed by atoms with E-state index in [9.17, 15) is 8.42 Å². The molecule has 0 bridgehead atoms. The van der Waals surface area contributed by atoms with Gasteiger partial charge in [-0.2, -0.15) is 0 Å². The van der Waals surface area contributed by atoms with Crippen LogP contribution in [-0.4, -0.2) is 63.8 Å². The van der Waals surface area contributed by atoms with E-state index >= 15 is 0 Å². The van der Waals surface area contributed by atoms with Gasteiger partial charge in [0.25, 0.3) is 0 Å². The van der Waals surface area contributed by atoms with Crippen LogP contribution in [0.4, 0.5) is 0 Å². The molecule has 1 heterocycles. The first kappa shape index (κ1) is 24.2. The smallest absolute Gasteiger partial charge is 0.191 e. The highest BCUT2D eigenvalue weighted by molar-refractivity contribution is 14.0. The molecule has 2 rings (SSSR count). The second-order valence-electron chi connectivity index (χ2n) is 7.34. The number of likely N-dealkylation sites (tertiary alicyclic amines) is 1. The number of guanidine groups is 1. The molecule has 1 aliphatic rings. The van der Waals surface area contributed by atoms with Crippen LogP contribution in [0, 0.1) is 0 Å². The van der Waals surface area contributed by atoms with Crippen LogP contribution in [0.25, 0.3) is 0 Å². The fourth-order valence-electron chi connectivity index (χ4n) is 3.18. The predicted molar refractivity (Wildman–Crippen MR) is 123 cm³/mol. The summed E-state index contributed by atoms with van der Waals surface area (Å²) in [6.07, 6.45) is 3.83. The Hall–Kier alpha value is -0.870. The number of benzene rings is 1. The maximum Gasteiger partial charge on any atom is 0.191 e. The van der Waals surface area contributed by atoms with Gasteiger partial charge in [-0.25, -0.2) is 8.42 Å². The molecule has 1 fully saturated rings. The van der Waals surface area contributed by atoms with Gasteiger partial charge in [0, 0.05) is 25.7 Å². The Bertz CT molecular complexity index is 687. The number of aliphatic imine (C=N–C) groups is 1. The molecule has 0 spiro atoms. The van der Waals surface area contributed by atoms with Crippen LogP contribution in [0.15, 0.2) is 40.2 Å². The zero-order chi connectivity index (χ0) is 19.0. The molecule has 0 radical (unpaired) electrons. The molecular weight excluding hydrogens is 475 g/mol. The fourth-order valence-corrected chi connectivity index (χ4v) is 4.36. The topological polar surface area (TPSA) is 73.8 Å². The highest BCUT2D eigenvalue weighted by Crippen LogP contribution is 2.19. The predicted octanol–water partition coefficient (Wildman–Crippen LogP) is 2.51. The first-order chi connectivity index (χ1) is 12.3. The van der Waals surface area contributed by atoms with Crippen LogP contribution < -0.4 is 10.6 Å². The number of piperidine rings is 1. The normalized spacial score (nSPS) is 16.5. The van der Waals surface area contributed by atoms with E-state index in [1.807, 2.05) is 6.07 Å². The monoisotopic (exact) mass is 508 g/mol. The Kier molecular flexibility index (Phi) is 10.0. The summed E-state index contributed by atoms with van der Waals surface area (Å²) in [5.41, 5.74) is 0.0359. The van der Waals surface area contributed by atoms with Crippen LogP contribution in [-0.2, 0) is 9.84 Å². The molecule has 1 saturated heterocycles. The summed E-state index contributed by atoms with van der Waals surface area (Å²) >= 11 is 0. The second-order valence-corrected chi connectivity index (χ2v) is 9.45. The van der Waals surface area contributed by atoms with Crippen molar-refractivity contribution in [1.29, 1.82) is 0 Å². The maximum absolute atomic E-state index is 12.3.